The zero-order chi connectivity index (χ0) is 16.5. The summed E-state index contributed by atoms with van der Waals surface area (Å²) in [4.78, 5) is 10.5. The number of sulfonamides is 1. The van der Waals surface area contributed by atoms with Crippen molar-refractivity contribution in [3.8, 4) is 5.75 Å². The maximum atomic E-state index is 13.6. The monoisotopic (exact) mass is 339 g/mol. The third-order valence-corrected chi connectivity index (χ3v) is 5.12. The van der Waals surface area contributed by atoms with Gasteiger partial charge in [0.05, 0.1) is 4.90 Å². The van der Waals surface area contributed by atoms with Crippen LogP contribution in [0.5, 0.6) is 5.75 Å². The molecule has 1 aliphatic rings. The molecule has 0 bridgehead atoms. The SMILES string of the molecule is O=C(O)[C@@H]1CCCN1S(=O)(=O)c1ccc(OC(F)F)c(F)c1. The molecule has 2 rings (SSSR count). The molecule has 1 saturated heterocycles. The van der Waals surface area contributed by atoms with Gasteiger partial charge in [-0.15, -0.1) is 0 Å². The first-order valence-corrected chi connectivity index (χ1v) is 7.66. The average Bonchev–Trinajstić information content (AvgIpc) is 2.90. The molecule has 22 heavy (non-hydrogen) atoms. The molecule has 1 fully saturated rings. The highest BCUT2D eigenvalue weighted by atomic mass is 32.2. The molecule has 1 aromatic rings. The summed E-state index contributed by atoms with van der Waals surface area (Å²) in [7, 11) is -4.23. The van der Waals surface area contributed by atoms with Crippen LogP contribution in [-0.4, -0.2) is 43.0 Å². The van der Waals surface area contributed by atoms with E-state index in [0.717, 1.165) is 16.4 Å². The minimum Gasteiger partial charge on any atom is -0.480 e. The van der Waals surface area contributed by atoms with Crippen molar-refractivity contribution in [3.05, 3.63) is 24.0 Å². The summed E-state index contributed by atoms with van der Waals surface area (Å²) in [6.45, 7) is -3.25. The van der Waals surface area contributed by atoms with Crippen LogP contribution in [0.25, 0.3) is 0 Å². The van der Waals surface area contributed by atoms with Gasteiger partial charge in [0.25, 0.3) is 0 Å². The van der Waals surface area contributed by atoms with E-state index in [0.29, 0.717) is 12.5 Å². The summed E-state index contributed by atoms with van der Waals surface area (Å²) in [5.41, 5.74) is 0. The molecule has 0 unspecified atom stereocenters. The molecule has 10 heteroatoms. The maximum Gasteiger partial charge on any atom is 0.387 e. The number of rotatable bonds is 5. The van der Waals surface area contributed by atoms with E-state index in [1.165, 1.54) is 0 Å². The van der Waals surface area contributed by atoms with Gasteiger partial charge >= 0.3 is 12.6 Å². The Hall–Kier alpha value is -1.81. The van der Waals surface area contributed by atoms with Gasteiger partial charge < -0.3 is 9.84 Å². The number of carboxylic acid groups (broad SMARTS) is 1. The minimum absolute atomic E-state index is 0.00377. The Morgan fingerprint density at radius 1 is 1.41 bits per heavy atom. The molecule has 0 spiro atoms. The highest BCUT2D eigenvalue weighted by molar-refractivity contribution is 7.89. The lowest BCUT2D eigenvalue weighted by Crippen LogP contribution is -2.40. The molecule has 122 valence electrons. The van der Waals surface area contributed by atoms with E-state index in [1.54, 1.807) is 0 Å². The fourth-order valence-electron chi connectivity index (χ4n) is 2.24. The summed E-state index contributed by atoms with van der Waals surface area (Å²) in [6, 6.07) is 0.975. The average molecular weight is 339 g/mol. The van der Waals surface area contributed by atoms with Gasteiger partial charge in [-0.3, -0.25) is 4.79 Å². The molecule has 0 aliphatic carbocycles. The van der Waals surface area contributed by atoms with E-state index in [-0.39, 0.29) is 13.0 Å². The second-order valence-corrected chi connectivity index (χ2v) is 6.47. The molecule has 1 atom stereocenters. The minimum atomic E-state index is -4.23. The Morgan fingerprint density at radius 2 is 2.09 bits per heavy atom. The Bertz CT molecular complexity index is 679. The van der Waals surface area contributed by atoms with E-state index in [4.69, 9.17) is 5.11 Å². The first-order valence-electron chi connectivity index (χ1n) is 6.22. The van der Waals surface area contributed by atoms with Crippen LogP contribution in [0.2, 0.25) is 0 Å². The lowest BCUT2D eigenvalue weighted by atomic mass is 10.2. The van der Waals surface area contributed by atoms with Gasteiger partial charge in [0.15, 0.2) is 11.6 Å². The molecular weight excluding hydrogens is 327 g/mol. The molecule has 1 aliphatic heterocycles. The van der Waals surface area contributed by atoms with Gasteiger partial charge in [-0.05, 0) is 31.0 Å². The van der Waals surface area contributed by atoms with Crippen molar-refractivity contribution in [2.45, 2.75) is 30.4 Å². The smallest absolute Gasteiger partial charge is 0.387 e. The number of hydrogen-bond donors (Lipinski definition) is 1. The Morgan fingerprint density at radius 3 is 2.64 bits per heavy atom. The molecule has 1 aromatic carbocycles. The predicted molar refractivity (Wildman–Crippen MR) is 67.6 cm³/mol. The van der Waals surface area contributed by atoms with Crippen molar-refractivity contribution in [2.24, 2.45) is 0 Å². The zero-order valence-electron chi connectivity index (χ0n) is 11.1. The highest BCUT2D eigenvalue weighted by Crippen LogP contribution is 2.29. The van der Waals surface area contributed by atoms with Gasteiger partial charge in [-0.25, -0.2) is 12.8 Å². The topological polar surface area (TPSA) is 83.9 Å². The number of nitrogens with zero attached hydrogens (tertiary/aromatic N) is 1. The van der Waals surface area contributed by atoms with Crippen LogP contribution in [0.15, 0.2) is 23.1 Å². The Balaban J connectivity index is 2.34. The van der Waals surface area contributed by atoms with E-state index in [2.05, 4.69) is 4.74 Å². The van der Waals surface area contributed by atoms with Crippen LogP contribution >= 0.6 is 0 Å². The van der Waals surface area contributed by atoms with Gasteiger partial charge in [0.1, 0.15) is 6.04 Å². The fraction of sp³-hybridized carbons (Fsp3) is 0.417. The van der Waals surface area contributed by atoms with Gasteiger partial charge in [0.2, 0.25) is 10.0 Å². The number of benzene rings is 1. The van der Waals surface area contributed by atoms with Crippen LogP contribution in [0.4, 0.5) is 13.2 Å². The predicted octanol–water partition coefficient (Wildman–Crippen LogP) is 1.66. The normalized spacial score (nSPS) is 19.5. The van der Waals surface area contributed by atoms with Crippen LogP contribution in [0.3, 0.4) is 0 Å². The largest absolute Gasteiger partial charge is 0.480 e. The van der Waals surface area contributed by atoms with E-state index >= 15 is 0 Å². The second-order valence-electron chi connectivity index (χ2n) is 4.58. The van der Waals surface area contributed by atoms with Gasteiger partial charge in [-0.1, -0.05) is 0 Å². The number of carbonyl (C=O) groups is 1. The quantitative estimate of drug-likeness (QED) is 0.882. The first kappa shape index (κ1) is 16.6. The lowest BCUT2D eigenvalue weighted by molar-refractivity contribution is -0.140. The van der Waals surface area contributed by atoms with Gasteiger partial charge in [0, 0.05) is 6.54 Å². The van der Waals surface area contributed by atoms with E-state index in [1.807, 2.05) is 0 Å². The van der Waals surface area contributed by atoms with Crippen molar-refractivity contribution < 1.29 is 36.2 Å². The van der Waals surface area contributed by atoms with Crippen molar-refractivity contribution in [1.29, 1.82) is 0 Å². The number of hydrogen-bond acceptors (Lipinski definition) is 4. The number of aliphatic carboxylic acids is 1. The molecule has 1 N–H and O–H groups in total. The van der Waals surface area contributed by atoms with Crippen LogP contribution in [-0.2, 0) is 14.8 Å². The van der Waals surface area contributed by atoms with Crippen LogP contribution < -0.4 is 4.74 Å². The van der Waals surface area contributed by atoms with E-state index < -0.39 is 45.1 Å². The molecule has 0 radical (unpaired) electrons. The summed E-state index contributed by atoms with van der Waals surface area (Å²) in [5, 5.41) is 9.01. The molecule has 0 aromatic heterocycles. The standard InChI is InChI=1S/C12H12F3NO5S/c13-8-6-7(3-4-10(8)21-12(14)15)22(19,20)16-5-1-2-9(16)11(17)18/h3-4,6,9,12H,1-2,5H2,(H,17,18)/t9-/m0/s1. The third-order valence-electron chi connectivity index (χ3n) is 3.21. The molecule has 0 amide bonds. The van der Waals surface area contributed by atoms with Gasteiger partial charge in [-0.2, -0.15) is 13.1 Å². The highest BCUT2D eigenvalue weighted by Gasteiger charge is 2.39. The van der Waals surface area contributed by atoms with Crippen LogP contribution in [0.1, 0.15) is 12.8 Å². The summed E-state index contributed by atoms with van der Waals surface area (Å²) >= 11 is 0. The molecule has 0 saturated carbocycles. The fourth-order valence-corrected chi connectivity index (χ4v) is 3.91. The molecule has 6 nitrogen and oxygen atoms in total. The summed E-state index contributed by atoms with van der Waals surface area (Å²) in [6.07, 6.45) is 0.523. The van der Waals surface area contributed by atoms with Crippen molar-refractivity contribution in [2.75, 3.05) is 6.54 Å². The number of ether oxygens (including phenoxy) is 1. The summed E-state index contributed by atoms with van der Waals surface area (Å²) < 4.78 is 67.0. The summed E-state index contributed by atoms with van der Waals surface area (Å²) in [5.74, 6) is -3.35. The maximum absolute atomic E-state index is 13.6. The number of carboxylic acids is 1. The van der Waals surface area contributed by atoms with Crippen molar-refractivity contribution >= 4 is 16.0 Å². The van der Waals surface area contributed by atoms with Crippen LogP contribution in [0, 0.1) is 5.82 Å². The second kappa shape index (κ2) is 6.13. The Kier molecular flexibility index (Phi) is 4.61. The molecular formula is C12H12F3NO5S. The van der Waals surface area contributed by atoms with Crippen molar-refractivity contribution in [1.82, 2.24) is 4.31 Å². The molecule has 1 heterocycles. The Labute approximate surface area is 124 Å². The number of alkyl halides is 2. The van der Waals surface area contributed by atoms with E-state index in [9.17, 15) is 26.4 Å². The lowest BCUT2D eigenvalue weighted by Gasteiger charge is -2.21. The van der Waals surface area contributed by atoms with Crippen molar-refractivity contribution in [3.63, 3.8) is 0 Å². The third kappa shape index (κ3) is 3.17. The first-order chi connectivity index (χ1) is 10.2. The number of halogens is 3. The zero-order valence-corrected chi connectivity index (χ0v) is 11.9.